The molecule has 5 heteroatoms. The van der Waals surface area contributed by atoms with Gasteiger partial charge in [-0.1, -0.05) is 13.5 Å². The lowest BCUT2D eigenvalue weighted by molar-refractivity contribution is -0.230. The molecule has 3 aliphatic heterocycles. The van der Waals surface area contributed by atoms with Crippen molar-refractivity contribution in [3.8, 4) is 0 Å². The number of hydrogen-bond acceptors (Lipinski definition) is 5. The molecule has 0 aromatic carbocycles. The molecule has 8 atom stereocenters. The summed E-state index contributed by atoms with van der Waals surface area (Å²) < 4.78 is 18.2. The van der Waals surface area contributed by atoms with Crippen LogP contribution < -0.4 is 0 Å². The van der Waals surface area contributed by atoms with Crippen molar-refractivity contribution in [3.63, 3.8) is 0 Å². The summed E-state index contributed by atoms with van der Waals surface area (Å²) in [6.07, 6.45) is 3.93. The van der Waals surface area contributed by atoms with Gasteiger partial charge < -0.3 is 14.2 Å². The SMILES string of the molecule is C=C1C(=O)C23CC1CCC2C12CO[C@@H]4OCC(C)(CC[C@@H]1OC3=O)C42. The summed E-state index contributed by atoms with van der Waals surface area (Å²) in [5.74, 6) is 0.0367. The van der Waals surface area contributed by atoms with Crippen molar-refractivity contribution >= 4 is 11.8 Å². The van der Waals surface area contributed by atoms with Crippen LogP contribution in [0.3, 0.4) is 0 Å². The normalized spacial score (nSPS) is 58.6. The largest absolute Gasteiger partial charge is 0.461 e. The van der Waals surface area contributed by atoms with Crippen LogP contribution in [0.25, 0.3) is 0 Å². The molecule has 0 aromatic heterocycles. The summed E-state index contributed by atoms with van der Waals surface area (Å²) in [4.78, 5) is 26.3. The second-order valence-electron chi connectivity index (χ2n) is 9.52. The highest BCUT2D eigenvalue weighted by molar-refractivity contribution is 6.15. The minimum Gasteiger partial charge on any atom is -0.461 e. The smallest absolute Gasteiger partial charge is 0.320 e. The third kappa shape index (κ3) is 1.37. The second kappa shape index (κ2) is 4.20. The Morgan fingerprint density at radius 2 is 1.92 bits per heavy atom. The van der Waals surface area contributed by atoms with Crippen molar-refractivity contribution in [2.45, 2.75) is 51.4 Å². The number of ketones is 1. The first-order valence-electron chi connectivity index (χ1n) is 9.61. The van der Waals surface area contributed by atoms with Crippen LogP contribution >= 0.6 is 0 Å². The molecule has 0 N–H and O–H groups in total. The summed E-state index contributed by atoms with van der Waals surface area (Å²) in [5.41, 5.74) is -0.577. The van der Waals surface area contributed by atoms with Gasteiger partial charge in [-0.05, 0) is 54.9 Å². The van der Waals surface area contributed by atoms with Gasteiger partial charge in [0.1, 0.15) is 11.5 Å². The van der Waals surface area contributed by atoms with Crippen LogP contribution in [0.1, 0.15) is 39.0 Å². The maximum absolute atomic E-state index is 13.2. The van der Waals surface area contributed by atoms with E-state index in [0.29, 0.717) is 25.2 Å². The molecule has 6 fully saturated rings. The number of carbonyl (C=O) groups excluding carboxylic acids is 2. The minimum atomic E-state index is -1.00. The van der Waals surface area contributed by atoms with Crippen LogP contribution in [0.5, 0.6) is 0 Å². The van der Waals surface area contributed by atoms with Gasteiger partial charge in [0, 0.05) is 11.3 Å². The van der Waals surface area contributed by atoms with E-state index in [1.54, 1.807) is 0 Å². The fraction of sp³-hybridized carbons (Fsp3) is 0.800. The van der Waals surface area contributed by atoms with Crippen molar-refractivity contribution in [3.05, 3.63) is 12.2 Å². The molecule has 25 heavy (non-hydrogen) atoms. The molecule has 0 amide bonds. The number of esters is 1. The zero-order valence-corrected chi connectivity index (χ0v) is 14.6. The molecule has 2 spiro atoms. The van der Waals surface area contributed by atoms with Crippen molar-refractivity contribution in [2.75, 3.05) is 13.2 Å². The minimum absolute atomic E-state index is 0.00516. The van der Waals surface area contributed by atoms with Gasteiger partial charge in [0.2, 0.25) is 0 Å². The Balaban J connectivity index is 1.57. The standard InChI is InChI=1S/C20H24O5/c1-10-11-3-4-12-19(7-11,15(10)21)17(22)25-13-5-6-18(2)8-23-16-14(18)20(12,13)9-24-16/h11-14,16H,1,3-9H2,2H3/t11?,12?,13-,14?,16-,18?,19?,20?/m0/s1. The Morgan fingerprint density at radius 3 is 2.76 bits per heavy atom. The molecule has 2 bridgehead atoms. The molecule has 3 aliphatic carbocycles. The van der Waals surface area contributed by atoms with E-state index in [-0.39, 0.29) is 52.7 Å². The number of rotatable bonds is 0. The lowest BCUT2D eigenvalue weighted by atomic mass is 9.44. The van der Waals surface area contributed by atoms with Gasteiger partial charge in [-0.15, -0.1) is 0 Å². The highest BCUT2D eigenvalue weighted by atomic mass is 16.7. The molecule has 0 aromatic rings. The van der Waals surface area contributed by atoms with E-state index in [9.17, 15) is 9.59 Å². The monoisotopic (exact) mass is 344 g/mol. The Labute approximate surface area is 147 Å². The van der Waals surface area contributed by atoms with E-state index in [0.717, 1.165) is 25.7 Å². The van der Waals surface area contributed by atoms with Crippen LogP contribution in [0, 0.1) is 34.0 Å². The zero-order chi connectivity index (χ0) is 17.2. The summed E-state index contributed by atoms with van der Waals surface area (Å²) in [6, 6.07) is 0. The lowest BCUT2D eigenvalue weighted by Crippen LogP contribution is -2.67. The van der Waals surface area contributed by atoms with Crippen LogP contribution in [-0.2, 0) is 23.8 Å². The van der Waals surface area contributed by atoms with E-state index in [4.69, 9.17) is 14.2 Å². The summed E-state index contributed by atoms with van der Waals surface area (Å²) in [6.45, 7) is 7.56. The van der Waals surface area contributed by atoms with E-state index < -0.39 is 5.41 Å². The highest BCUT2D eigenvalue weighted by Gasteiger charge is 2.79. The summed E-state index contributed by atoms with van der Waals surface area (Å²) >= 11 is 0. The number of carbonyl (C=O) groups is 2. The van der Waals surface area contributed by atoms with E-state index in [2.05, 4.69) is 13.5 Å². The second-order valence-corrected chi connectivity index (χ2v) is 9.52. The number of Topliss-reactive ketones (excluding diaryl/α,β-unsaturated/α-hetero) is 1. The van der Waals surface area contributed by atoms with Gasteiger partial charge in [-0.25, -0.2) is 0 Å². The van der Waals surface area contributed by atoms with E-state index >= 15 is 0 Å². The Kier molecular flexibility index (Phi) is 2.51. The fourth-order valence-corrected chi connectivity index (χ4v) is 7.66. The van der Waals surface area contributed by atoms with E-state index in [1.165, 1.54) is 0 Å². The third-order valence-electron chi connectivity index (χ3n) is 8.67. The Morgan fingerprint density at radius 1 is 1.12 bits per heavy atom. The molecule has 6 unspecified atom stereocenters. The molecule has 6 aliphatic rings. The lowest BCUT2D eigenvalue weighted by Gasteiger charge is -2.60. The molecule has 6 rings (SSSR count). The first-order chi connectivity index (χ1) is 11.9. The van der Waals surface area contributed by atoms with Gasteiger partial charge in [-0.3, -0.25) is 9.59 Å². The van der Waals surface area contributed by atoms with Gasteiger partial charge in [0.25, 0.3) is 0 Å². The fourth-order valence-electron chi connectivity index (χ4n) is 7.66. The molecule has 3 saturated carbocycles. The number of allylic oxidation sites excluding steroid dienone is 1. The van der Waals surface area contributed by atoms with Gasteiger partial charge in [0.05, 0.1) is 13.2 Å². The average molecular weight is 344 g/mol. The average Bonchev–Trinajstić information content (AvgIpc) is 3.22. The third-order valence-corrected chi connectivity index (χ3v) is 8.67. The predicted octanol–water partition coefficient (Wildman–Crippen LogP) is 2.24. The molecular formula is C20H24O5. The van der Waals surface area contributed by atoms with Crippen molar-refractivity contribution in [2.24, 2.45) is 34.0 Å². The number of ether oxygens (including phenoxy) is 3. The maximum Gasteiger partial charge on any atom is 0.320 e. The topological polar surface area (TPSA) is 61.8 Å². The zero-order valence-electron chi connectivity index (χ0n) is 14.6. The first-order valence-corrected chi connectivity index (χ1v) is 9.61. The molecule has 3 saturated heterocycles. The van der Waals surface area contributed by atoms with Crippen molar-refractivity contribution in [1.29, 1.82) is 0 Å². The predicted molar refractivity (Wildman–Crippen MR) is 86.2 cm³/mol. The van der Waals surface area contributed by atoms with Gasteiger partial charge >= 0.3 is 5.97 Å². The summed E-state index contributed by atoms with van der Waals surface area (Å²) in [5, 5.41) is 0. The van der Waals surface area contributed by atoms with Gasteiger partial charge in [-0.2, -0.15) is 0 Å². The van der Waals surface area contributed by atoms with Crippen LogP contribution in [0.15, 0.2) is 12.2 Å². The quantitative estimate of drug-likeness (QED) is 0.383. The highest BCUT2D eigenvalue weighted by Crippen LogP contribution is 2.72. The molecule has 5 nitrogen and oxygen atoms in total. The number of hydrogen-bond donors (Lipinski definition) is 0. The molecule has 0 radical (unpaired) electrons. The maximum atomic E-state index is 13.2. The van der Waals surface area contributed by atoms with Gasteiger partial charge in [0.15, 0.2) is 12.1 Å². The van der Waals surface area contributed by atoms with E-state index in [1.807, 2.05) is 0 Å². The Hall–Kier alpha value is -1.20. The Bertz CT molecular complexity index is 730. The van der Waals surface area contributed by atoms with Crippen LogP contribution in [0.4, 0.5) is 0 Å². The van der Waals surface area contributed by atoms with Crippen molar-refractivity contribution in [1.82, 2.24) is 0 Å². The first kappa shape index (κ1) is 14.9. The molecular weight excluding hydrogens is 320 g/mol. The summed E-state index contributed by atoms with van der Waals surface area (Å²) in [7, 11) is 0. The van der Waals surface area contributed by atoms with Crippen molar-refractivity contribution < 1.29 is 23.8 Å². The molecule has 134 valence electrons. The number of fused-ring (bicyclic) bond motifs is 1. The van der Waals surface area contributed by atoms with Crippen LogP contribution in [-0.4, -0.2) is 37.4 Å². The molecule has 3 heterocycles. The van der Waals surface area contributed by atoms with Crippen LogP contribution in [0.2, 0.25) is 0 Å².